The van der Waals surface area contributed by atoms with Gasteiger partial charge in [-0.3, -0.25) is 9.59 Å². The van der Waals surface area contributed by atoms with Crippen molar-refractivity contribution in [2.24, 2.45) is 0 Å². The van der Waals surface area contributed by atoms with Crippen molar-refractivity contribution in [3.63, 3.8) is 0 Å². The summed E-state index contributed by atoms with van der Waals surface area (Å²) in [5.41, 5.74) is 0.237. The molecule has 0 atom stereocenters. The lowest BCUT2D eigenvalue weighted by Gasteiger charge is -2.04. The Labute approximate surface area is 107 Å². The molecule has 0 aliphatic heterocycles. The molecule has 3 nitrogen and oxygen atoms in total. The minimum Gasteiger partial charge on any atom is -0.481 e. The minimum atomic E-state index is -0.939. The lowest BCUT2D eigenvalue weighted by atomic mass is 10.2. The lowest BCUT2D eigenvalue weighted by molar-refractivity contribution is -0.136. The molecule has 16 heavy (non-hydrogen) atoms. The Morgan fingerprint density at radius 3 is 2.31 bits per heavy atom. The number of halogens is 2. The van der Waals surface area contributed by atoms with Crippen LogP contribution < -0.4 is 0 Å². The fourth-order valence-corrected chi connectivity index (χ4v) is 2.50. The van der Waals surface area contributed by atoms with E-state index >= 15 is 0 Å². The zero-order valence-electron chi connectivity index (χ0n) is 8.07. The Bertz CT molecular complexity index is 400. The third-order valence-corrected chi connectivity index (χ3v) is 3.22. The van der Waals surface area contributed by atoms with E-state index in [1.54, 1.807) is 18.2 Å². The van der Waals surface area contributed by atoms with E-state index in [0.717, 1.165) is 11.8 Å². The summed E-state index contributed by atoms with van der Waals surface area (Å²) in [6.45, 7) is 0. The van der Waals surface area contributed by atoms with Crippen LogP contribution in [0, 0.1) is 0 Å². The van der Waals surface area contributed by atoms with Crippen LogP contribution in [0.15, 0.2) is 18.2 Å². The van der Waals surface area contributed by atoms with E-state index in [1.165, 1.54) is 0 Å². The lowest BCUT2D eigenvalue weighted by Crippen LogP contribution is -2.01. The van der Waals surface area contributed by atoms with Gasteiger partial charge in [0.2, 0.25) is 5.12 Å². The molecule has 0 saturated carbocycles. The fourth-order valence-electron chi connectivity index (χ4n) is 0.996. The van der Waals surface area contributed by atoms with E-state index in [4.69, 9.17) is 28.3 Å². The number of hydrogen-bond acceptors (Lipinski definition) is 3. The molecule has 1 rings (SSSR count). The highest BCUT2D eigenvalue weighted by Crippen LogP contribution is 2.28. The highest BCUT2D eigenvalue weighted by Gasteiger charge is 2.15. The Morgan fingerprint density at radius 1 is 1.25 bits per heavy atom. The summed E-state index contributed by atoms with van der Waals surface area (Å²) in [6, 6.07) is 4.78. The number of carbonyl (C=O) groups excluding carboxylic acids is 1. The molecule has 0 aliphatic carbocycles. The van der Waals surface area contributed by atoms with E-state index in [-0.39, 0.29) is 32.9 Å². The van der Waals surface area contributed by atoms with Crippen LogP contribution in [0.3, 0.4) is 0 Å². The number of rotatable bonds is 4. The molecular weight excluding hydrogens is 271 g/mol. The summed E-state index contributed by atoms with van der Waals surface area (Å²) in [6.07, 6.45) is -0.0710. The Kier molecular flexibility index (Phi) is 5.12. The van der Waals surface area contributed by atoms with Crippen molar-refractivity contribution in [3.8, 4) is 0 Å². The van der Waals surface area contributed by atoms with Gasteiger partial charge in [0.15, 0.2) is 0 Å². The summed E-state index contributed by atoms with van der Waals surface area (Å²) < 4.78 is 0. The van der Waals surface area contributed by atoms with Crippen LogP contribution in [0.25, 0.3) is 0 Å². The molecule has 0 aliphatic rings. The highest BCUT2D eigenvalue weighted by atomic mass is 35.5. The second-order valence-corrected chi connectivity index (χ2v) is 4.76. The van der Waals surface area contributed by atoms with Gasteiger partial charge in [-0.2, -0.15) is 0 Å². The molecule has 0 aromatic heterocycles. The average molecular weight is 279 g/mol. The van der Waals surface area contributed by atoms with Crippen LogP contribution in [0.5, 0.6) is 0 Å². The van der Waals surface area contributed by atoms with Crippen molar-refractivity contribution in [2.45, 2.75) is 6.42 Å². The molecule has 6 heteroatoms. The first-order valence-electron chi connectivity index (χ1n) is 4.35. The normalized spacial score (nSPS) is 10.1. The zero-order valence-corrected chi connectivity index (χ0v) is 10.4. The first-order chi connectivity index (χ1) is 7.52. The number of thioether (sulfide) groups is 1. The van der Waals surface area contributed by atoms with Crippen LogP contribution in [-0.4, -0.2) is 21.9 Å². The van der Waals surface area contributed by atoms with E-state index in [9.17, 15) is 9.59 Å². The van der Waals surface area contributed by atoms with Crippen LogP contribution in [0.4, 0.5) is 0 Å². The van der Waals surface area contributed by atoms with E-state index in [1.807, 2.05) is 0 Å². The monoisotopic (exact) mass is 278 g/mol. The molecule has 0 fully saturated rings. The van der Waals surface area contributed by atoms with Crippen molar-refractivity contribution in [1.29, 1.82) is 0 Å². The predicted octanol–water partition coefficient (Wildman–Crippen LogP) is 3.34. The molecule has 0 bridgehead atoms. The minimum absolute atomic E-state index is 0.0710. The van der Waals surface area contributed by atoms with Crippen LogP contribution in [-0.2, 0) is 4.79 Å². The van der Waals surface area contributed by atoms with Crippen molar-refractivity contribution in [3.05, 3.63) is 33.8 Å². The smallest absolute Gasteiger partial charge is 0.304 e. The first kappa shape index (κ1) is 13.4. The van der Waals surface area contributed by atoms with Crippen molar-refractivity contribution in [1.82, 2.24) is 0 Å². The number of benzene rings is 1. The highest BCUT2D eigenvalue weighted by molar-refractivity contribution is 8.14. The number of aliphatic carboxylic acids is 1. The van der Waals surface area contributed by atoms with E-state index in [2.05, 4.69) is 0 Å². The van der Waals surface area contributed by atoms with Gasteiger partial charge in [-0.25, -0.2) is 0 Å². The molecule has 0 radical (unpaired) electrons. The number of hydrogen-bond donors (Lipinski definition) is 1. The topological polar surface area (TPSA) is 54.4 Å². The summed E-state index contributed by atoms with van der Waals surface area (Å²) in [7, 11) is 0. The zero-order chi connectivity index (χ0) is 12.1. The maximum atomic E-state index is 11.7. The molecule has 0 amide bonds. The number of carboxylic acid groups (broad SMARTS) is 1. The molecule has 0 spiro atoms. The van der Waals surface area contributed by atoms with Gasteiger partial charge in [0.1, 0.15) is 0 Å². The molecule has 1 aromatic rings. The summed E-state index contributed by atoms with van der Waals surface area (Å²) >= 11 is 12.6. The Morgan fingerprint density at radius 2 is 1.81 bits per heavy atom. The largest absolute Gasteiger partial charge is 0.481 e. The summed E-state index contributed by atoms with van der Waals surface area (Å²) in [5, 5.41) is 8.68. The maximum Gasteiger partial charge on any atom is 0.304 e. The molecule has 0 saturated heterocycles. The average Bonchev–Trinajstić information content (AvgIpc) is 2.16. The van der Waals surface area contributed by atoms with Gasteiger partial charge in [0.05, 0.1) is 22.0 Å². The quantitative estimate of drug-likeness (QED) is 0.918. The van der Waals surface area contributed by atoms with Crippen molar-refractivity contribution >= 4 is 46.0 Å². The third-order valence-electron chi connectivity index (χ3n) is 1.72. The maximum absolute atomic E-state index is 11.7. The second-order valence-electron chi connectivity index (χ2n) is 2.88. The molecule has 1 N–H and O–H groups in total. The Hall–Kier alpha value is -0.710. The predicted molar refractivity (Wildman–Crippen MR) is 65.5 cm³/mol. The number of carbonyl (C=O) groups is 2. The third kappa shape index (κ3) is 3.70. The molecule has 86 valence electrons. The fraction of sp³-hybridized carbons (Fsp3) is 0.200. The van der Waals surface area contributed by atoms with Crippen LogP contribution in [0.2, 0.25) is 10.0 Å². The van der Waals surface area contributed by atoms with Gasteiger partial charge in [0, 0.05) is 5.75 Å². The first-order valence-corrected chi connectivity index (χ1v) is 6.09. The standard InChI is InChI=1S/C10H8Cl2O3S/c11-6-2-1-3-7(12)9(6)10(15)16-5-4-8(13)14/h1-3H,4-5H2,(H,13,14). The number of carboxylic acids is 1. The van der Waals surface area contributed by atoms with E-state index in [0.29, 0.717) is 0 Å². The van der Waals surface area contributed by atoms with Crippen LogP contribution in [0.1, 0.15) is 16.8 Å². The SMILES string of the molecule is O=C(O)CCSC(=O)c1c(Cl)cccc1Cl. The molecule has 1 aromatic carbocycles. The van der Waals surface area contributed by atoms with Gasteiger partial charge in [-0.15, -0.1) is 0 Å². The van der Waals surface area contributed by atoms with Gasteiger partial charge >= 0.3 is 5.97 Å². The van der Waals surface area contributed by atoms with Gasteiger partial charge < -0.3 is 5.11 Å². The van der Waals surface area contributed by atoms with Crippen molar-refractivity contribution in [2.75, 3.05) is 5.75 Å². The molecular formula is C10H8Cl2O3S. The van der Waals surface area contributed by atoms with Gasteiger partial charge in [-0.05, 0) is 12.1 Å². The van der Waals surface area contributed by atoms with Crippen molar-refractivity contribution < 1.29 is 14.7 Å². The van der Waals surface area contributed by atoms with Gasteiger partial charge in [0.25, 0.3) is 0 Å². The van der Waals surface area contributed by atoms with Gasteiger partial charge in [-0.1, -0.05) is 41.0 Å². The summed E-state index contributed by atoms with van der Waals surface area (Å²) in [4.78, 5) is 21.9. The second kappa shape index (κ2) is 6.13. The van der Waals surface area contributed by atoms with Crippen LogP contribution >= 0.6 is 35.0 Å². The molecule has 0 unspecified atom stereocenters. The summed E-state index contributed by atoms with van der Waals surface area (Å²) in [5.74, 6) is -0.735. The Balaban J connectivity index is 2.70. The molecule has 0 heterocycles. The van der Waals surface area contributed by atoms with E-state index < -0.39 is 5.97 Å².